The van der Waals surface area contributed by atoms with Crippen LogP contribution in [0, 0.1) is 0 Å². The van der Waals surface area contributed by atoms with Crippen molar-refractivity contribution in [3.8, 4) is 0 Å². The molecule has 0 aliphatic carbocycles. The Labute approximate surface area is 174 Å². The van der Waals surface area contributed by atoms with Crippen LogP contribution in [0.4, 0.5) is 0 Å². The van der Waals surface area contributed by atoms with Crippen LogP contribution in [-0.2, 0) is 17.8 Å². The van der Waals surface area contributed by atoms with Crippen LogP contribution in [0.15, 0.2) is 53.3 Å². The van der Waals surface area contributed by atoms with Gasteiger partial charge in [0.25, 0.3) is 11.5 Å². The van der Waals surface area contributed by atoms with E-state index in [1.165, 1.54) is 0 Å². The number of hydrogen-bond donors (Lipinski definition) is 3. The molecular formula is C23H26N4O3. The summed E-state index contributed by atoms with van der Waals surface area (Å²) in [4.78, 5) is 43.7. The summed E-state index contributed by atoms with van der Waals surface area (Å²) in [6.07, 6.45) is 1.40. The number of aryl methyl sites for hydroxylation is 1. The molecule has 156 valence electrons. The lowest BCUT2D eigenvalue weighted by Gasteiger charge is -2.12. The Morgan fingerprint density at radius 3 is 2.73 bits per heavy atom. The molecule has 1 heterocycles. The van der Waals surface area contributed by atoms with Gasteiger partial charge in [0.1, 0.15) is 5.82 Å². The molecule has 0 aliphatic heterocycles. The fraction of sp³-hybridized carbons (Fsp3) is 0.304. The summed E-state index contributed by atoms with van der Waals surface area (Å²) >= 11 is 0. The highest BCUT2D eigenvalue weighted by molar-refractivity contribution is 5.94. The number of aromatic nitrogens is 2. The predicted octanol–water partition coefficient (Wildman–Crippen LogP) is 2.70. The minimum atomic E-state index is -0.205. The third kappa shape index (κ3) is 5.53. The second kappa shape index (κ2) is 9.82. The first-order valence-corrected chi connectivity index (χ1v) is 10.1. The Bertz CT molecular complexity index is 1110. The van der Waals surface area contributed by atoms with Gasteiger partial charge in [-0.05, 0) is 43.2 Å². The molecule has 0 fully saturated rings. The largest absolute Gasteiger partial charge is 0.352 e. The predicted molar refractivity (Wildman–Crippen MR) is 116 cm³/mol. The second-order valence-electron chi connectivity index (χ2n) is 7.29. The van der Waals surface area contributed by atoms with Crippen molar-refractivity contribution >= 4 is 22.7 Å². The van der Waals surface area contributed by atoms with Crippen LogP contribution >= 0.6 is 0 Å². The molecule has 0 radical (unpaired) electrons. The van der Waals surface area contributed by atoms with E-state index in [9.17, 15) is 14.4 Å². The normalized spacial score (nSPS) is 11.8. The maximum absolute atomic E-state index is 12.2. The molecule has 7 nitrogen and oxygen atoms in total. The van der Waals surface area contributed by atoms with E-state index in [0.717, 1.165) is 12.0 Å². The van der Waals surface area contributed by atoms with Crippen molar-refractivity contribution in [2.75, 3.05) is 0 Å². The highest BCUT2D eigenvalue weighted by atomic mass is 16.2. The molecule has 0 spiro atoms. The van der Waals surface area contributed by atoms with Crippen molar-refractivity contribution in [3.05, 3.63) is 75.8 Å². The Morgan fingerprint density at radius 2 is 1.93 bits per heavy atom. The van der Waals surface area contributed by atoms with Crippen LogP contribution in [0.3, 0.4) is 0 Å². The van der Waals surface area contributed by atoms with Gasteiger partial charge in [0.2, 0.25) is 5.91 Å². The van der Waals surface area contributed by atoms with E-state index >= 15 is 0 Å². The van der Waals surface area contributed by atoms with Crippen molar-refractivity contribution in [2.45, 2.75) is 45.7 Å². The molecule has 0 aliphatic rings. The maximum Gasteiger partial charge on any atom is 0.258 e. The molecule has 1 aromatic heterocycles. The quantitative estimate of drug-likeness (QED) is 0.535. The van der Waals surface area contributed by atoms with E-state index in [1.54, 1.807) is 36.4 Å². The first kappa shape index (κ1) is 21.2. The monoisotopic (exact) mass is 406 g/mol. The van der Waals surface area contributed by atoms with Gasteiger partial charge in [-0.25, -0.2) is 4.98 Å². The van der Waals surface area contributed by atoms with E-state index in [1.807, 2.05) is 26.0 Å². The number of carbonyl (C=O) groups excluding carboxylic acids is 2. The van der Waals surface area contributed by atoms with Crippen molar-refractivity contribution < 1.29 is 9.59 Å². The number of carbonyl (C=O) groups is 2. The zero-order valence-electron chi connectivity index (χ0n) is 17.2. The summed E-state index contributed by atoms with van der Waals surface area (Å²) in [6, 6.07) is 14.4. The topological polar surface area (TPSA) is 104 Å². The number of fused-ring (bicyclic) bond motifs is 1. The minimum Gasteiger partial charge on any atom is -0.352 e. The second-order valence-corrected chi connectivity index (χ2v) is 7.29. The van der Waals surface area contributed by atoms with Crippen molar-refractivity contribution in [2.24, 2.45) is 0 Å². The van der Waals surface area contributed by atoms with E-state index in [0.29, 0.717) is 35.3 Å². The number of aromatic amines is 1. The zero-order valence-corrected chi connectivity index (χ0v) is 17.2. The number of nitrogens with zero attached hydrogens (tertiary/aromatic N) is 1. The van der Waals surface area contributed by atoms with Gasteiger partial charge in [-0.3, -0.25) is 14.4 Å². The van der Waals surface area contributed by atoms with Gasteiger partial charge in [-0.15, -0.1) is 0 Å². The lowest BCUT2D eigenvalue weighted by Crippen LogP contribution is -2.32. The molecule has 3 aromatic rings. The minimum absolute atomic E-state index is 0.107. The number of rotatable bonds is 8. The molecule has 3 N–H and O–H groups in total. The van der Waals surface area contributed by atoms with Gasteiger partial charge < -0.3 is 15.6 Å². The summed E-state index contributed by atoms with van der Waals surface area (Å²) < 4.78 is 0. The number of benzene rings is 2. The summed E-state index contributed by atoms with van der Waals surface area (Å²) in [5.41, 5.74) is 1.82. The molecule has 0 saturated carbocycles. The lowest BCUT2D eigenvalue weighted by atomic mass is 10.1. The van der Waals surface area contributed by atoms with Gasteiger partial charge >= 0.3 is 0 Å². The Kier molecular flexibility index (Phi) is 6.95. The van der Waals surface area contributed by atoms with Crippen LogP contribution in [-0.4, -0.2) is 27.8 Å². The third-order valence-corrected chi connectivity index (χ3v) is 4.92. The molecule has 0 saturated heterocycles. The van der Waals surface area contributed by atoms with Crippen molar-refractivity contribution in [1.29, 1.82) is 0 Å². The van der Waals surface area contributed by atoms with E-state index in [-0.39, 0.29) is 29.8 Å². The molecule has 2 amide bonds. The van der Waals surface area contributed by atoms with Crippen LogP contribution in [0.2, 0.25) is 0 Å². The molecule has 3 rings (SSSR count). The Balaban J connectivity index is 1.54. The number of nitrogens with one attached hydrogen (secondary N) is 3. The molecule has 1 unspecified atom stereocenters. The van der Waals surface area contributed by atoms with Gasteiger partial charge in [0.15, 0.2) is 0 Å². The molecule has 0 bridgehead atoms. The molecular weight excluding hydrogens is 380 g/mol. The van der Waals surface area contributed by atoms with E-state index < -0.39 is 0 Å². The van der Waals surface area contributed by atoms with Gasteiger partial charge in [-0.1, -0.05) is 31.2 Å². The first-order valence-electron chi connectivity index (χ1n) is 10.1. The highest BCUT2D eigenvalue weighted by Gasteiger charge is 2.10. The molecule has 30 heavy (non-hydrogen) atoms. The van der Waals surface area contributed by atoms with Crippen molar-refractivity contribution in [3.63, 3.8) is 0 Å². The van der Waals surface area contributed by atoms with E-state index in [2.05, 4.69) is 20.6 Å². The smallest absolute Gasteiger partial charge is 0.258 e. The summed E-state index contributed by atoms with van der Waals surface area (Å²) in [7, 11) is 0. The fourth-order valence-corrected chi connectivity index (χ4v) is 3.01. The lowest BCUT2D eigenvalue weighted by molar-refractivity contribution is -0.121. The molecule has 1 atom stereocenters. The van der Waals surface area contributed by atoms with Gasteiger partial charge in [-0.2, -0.15) is 0 Å². The number of para-hydroxylation sites is 1. The van der Waals surface area contributed by atoms with Crippen LogP contribution in [0.25, 0.3) is 10.9 Å². The van der Waals surface area contributed by atoms with Crippen LogP contribution < -0.4 is 16.2 Å². The zero-order chi connectivity index (χ0) is 21.5. The summed E-state index contributed by atoms with van der Waals surface area (Å²) in [5, 5.41) is 6.31. The fourth-order valence-electron chi connectivity index (χ4n) is 3.01. The summed E-state index contributed by atoms with van der Waals surface area (Å²) in [5.74, 6) is 0.210. The number of hydrogen-bond acceptors (Lipinski definition) is 4. The molecule has 2 aromatic carbocycles. The Morgan fingerprint density at radius 1 is 1.13 bits per heavy atom. The van der Waals surface area contributed by atoms with Crippen LogP contribution in [0.1, 0.15) is 48.4 Å². The third-order valence-electron chi connectivity index (χ3n) is 4.92. The average molecular weight is 406 g/mol. The molecule has 7 heteroatoms. The standard InChI is InChI=1S/C23H26N4O3/c1-3-15(2)25-22(29)17-8-6-7-16(13-17)14-24-21(28)12-11-20-26-19-10-5-4-9-18(19)23(30)27-20/h4-10,13,15H,3,11-12,14H2,1-2H3,(H,24,28)(H,25,29)(H,26,27,30). The van der Waals surface area contributed by atoms with Gasteiger partial charge in [0, 0.05) is 31.0 Å². The van der Waals surface area contributed by atoms with Gasteiger partial charge in [0.05, 0.1) is 10.9 Å². The summed E-state index contributed by atoms with van der Waals surface area (Å²) in [6.45, 7) is 4.30. The maximum atomic E-state index is 12.2. The van der Waals surface area contributed by atoms with E-state index in [4.69, 9.17) is 0 Å². The first-order chi connectivity index (χ1) is 14.5. The number of H-pyrrole nitrogens is 1. The highest BCUT2D eigenvalue weighted by Crippen LogP contribution is 2.08. The van der Waals surface area contributed by atoms with Crippen molar-refractivity contribution in [1.82, 2.24) is 20.6 Å². The number of amides is 2. The average Bonchev–Trinajstić information content (AvgIpc) is 2.76. The van der Waals surface area contributed by atoms with Crippen LogP contribution in [0.5, 0.6) is 0 Å². The Hall–Kier alpha value is -3.48. The SMILES string of the molecule is CCC(C)NC(=O)c1cccc(CNC(=O)CCc2nc3ccccc3c(=O)[nH]2)c1.